The second-order valence-corrected chi connectivity index (χ2v) is 6.31. The first-order chi connectivity index (χ1) is 9.84. The number of aromatic nitrogens is 3. The minimum Gasteiger partial charge on any atom is -0.381 e. The molecule has 21 heavy (non-hydrogen) atoms. The molecule has 3 rings (SSSR count). The Morgan fingerprint density at radius 1 is 1.00 bits per heavy atom. The summed E-state index contributed by atoms with van der Waals surface area (Å²) in [4.78, 5) is 2.56. The Balaban J connectivity index is 0.00000161. The van der Waals surface area contributed by atoms with Crippen molar-refractivity contribution in [3.8, 4) is 0 Å². The van der Waals surface area contributed by atoms with Crippen LogP contribution in [0.4, 0.5) is 5.82 Å². The van der Waals surface area contributed by atoms with Gasteiger partial charge >= 0.3 is 0 Å². The Bertz CT molecular complexity index is 422. The molecule has 1 saturated heterocycles. The zero-order chi connectivity index (χ0) is 13.8. The molecule has 1 aromatic heterocycles. The topological polar surface area (TPSA) is 60.0 Å². The second-order valence-electron chi connectivity index (χ2n) is 6.31. The molecule has 0 radical (unpaired) electrons. The van der Waals surface area contributed by atoms with Crippen LogP contribution in [0.1, 0.15) is 63.1 Å². The molecule has 0 atom stereocenters. The highest BCUT2D eigenvalue weighted by Gasteiger charge is 2.21. The predicted octanol–water partition coefficient (Wildman–Crippen LogP) is 2.82. The quantitative estimate of drug-likeness (QED) is 0.928. The number of nitrogen functional groups attached to an aromatic ring is 1. The molecule has 2 heterocycles. The van der Waals surface area contributed by atoms with Crippen molar-refractivity contribution in [2.75, 3.05) is 25.4 Å². The van der Waals surface area contributed by atoms with Crippen LogP contribution in [0.2, 0.25) is 0 Å². The van der Waals surface area contributed by atoms with E-state index in [4.69, 9.17) is 5.73 Å². The van der Waals surface area contributed by atoms with Gasteiger partial charge in [-0.05, 0) is 38.8 Å². The number of piperidine rings is 1. The summed E-state index contributed by atoms with van der Waals surface area (Å²) in [7, 11) is 0. The van der Waals surface area contributed by atoms with E-state index in [9.17, 15) is 0 Å². The summed E-state index contributed by atoms with van der Waals surface area (Å²) in [6.45, 7) is 3.58. The summed E-state index contributed by atoms with van der Waals surface area (Å²) in [5, 5.41) is 8.45. The average Bonchev–Trinajstić information content (AvgIpc) is 2.88. The number of anilines is 1. The molecular weight excluding hydrogens is 286 g/mol. The number of nitrogens with two attached hydrogens (primary N) is 1. The van der Waals surface area contributed by atoms with E-state index in [-0.39, 0.29) is 12.4 Å². The van der Waals surface area contributed by atoms with Crippen molar-refractivity contribution in [1.82, 2.24) is 19.9 Å². The minimum absolute atomic E-state index is 0. The molecule has 0 spiro atoms. The highest BCUT2D eigenvalue weighted by Crippen LogP contribution is 2.29. The van der Waals surface area contributed by atoms with Gasteiger partial charge in [-0.3, -0.25) is 0 Å². The zero-order valence-corrected chi connectivity index (χ0v) is 13.7. The van der Waals surface area contributed by atoms with Crippen LogP contribution >= 0.6 is 12.4 Å². The number of hydrogen-bond acceptors (Lipinski definition) is 4. The Hall–Kier alpha value is -0.810. The fraction of sp³-hybridized carbons (Fsp3) is 0.867. The highest BCUT2D eigenvalue weighted by atomic mass is 35.5. The molecule has 1 saturated carbocycles. The summed E-state index contributed by atoms with van der Waals surface area (Å²) in [6.07, 6.45) is 11.5. The molecule has 6 heteroatoms. The Morgan fingerprint density at radius 2 is 1.67 bits per heavy atom. The maximum Gasteiger partial charge on any atom is 0.169 e. The van der Waals surface area contributed by atoms with Crippen molar-refractivity contribution in [2.45, 2.75) is 63.8 Å². The number of nitrogens with zero attached hydrogens (tertiary/aromatic N) is 4. The standard InChI is InChI=1S/C15H27N5.ClH/c16-15-14(9-12-19-10-5-2-6-11-19)20(18-17-15)13-7-3-1-4-8-13;/h13H,1-12,16H2;1H. The Labute approximate surface area is 133 Å². The fourth-order valence-electron chi connectivity index (χ4n) is 3.63. The van der Waals surface area contributed by atoms with Gasteiger partial charge in [0.05, 0.1) is 11.7 Å². The largest absolute Gasteiger partial charge is 0.381 e. The molecule has 2 fully saturated rings. The molecule has 0 amide bonds. The van der Waals surface area contributed by atoms with Crippen molar-refractivity contribution in [1.29, 1.82) is 0 Å². The molecule has 0 unspecified atom stereocenters. The van der Waals surface area contributed by atoms with Gasteiger partial charge in [-0.25, -0.2) is 4.68 Å². The summed E-state index contributed by atoms with van der Waals surface area (Å²) in [6, 6.07) is 0.532. The third-order valence-electron chi connectivity index (χ3n) is 4.86. The number of halogens is 1. The molecule has 1 aliphatic heterocycles. The summed E-state index contributed by atoms with van der Waals surface area (Å²) in [5.41, 5.74) is 7.22. The van der Waals surface area contributed by atoms with Crippen LogP contribution < -0.4 is 5.73 Å². The van der Waals surface area contributed by atoms with Crippen LogP contribution in [-0.4, -0.2) is 39.5 Å². The zero-order valence-electron chi connectivity index (χ0n) is 12.8. The number of rotatable bonds is 4. The molecule has 120 valence electrons. The van der Waals surface area contributed by atoms with Crippen LogP contribution in [0.15, 0.2) is 0 Å². The monoisotopic (exact) mass is 313 g/mol. The van der Waals surface area contributed by atoms with Gasteiger partial charge in [-0.2, -0.15) is 0 Å². The molecule has 5 nitrogen and oxygen atoms in total. The summed E-state index contributed by atoms with van der Waals surface area (Å²) < 4.78 is 2.14. The predicted molar refractivity (Wildman–Crippen MR) is 87.8 cm³/mol. The van der Waals surface area contributed by atoms with E-state index < -0.39 is 0 Å². The van der Waals surface area contributed by atoms with E-state index in [2.05, 4.69) is 19.9 Å². The van der Waals surface area contributed by atoms with Crippen LogP contribution in [0.3, 0.4) is 0 Å². The lowest BCUT2D eigenvalue weighted by Gasteiger charge is -2.27. The van der Waals surface area contributed by atoms with Crippen LogP contribution in [0.5, 0.6) is 0 Å². The van der Waals surface area contributed by atoms with Gasteiger partial charge in [0.25, 0.3) is 0 Å². The molecule has 1 aromatic rings. The second kappa shape index (κ2) is 7.99. The van der Waals surface area contributed by atoms with Crippen LogP contribution in [-0.2, 0) is 6.42 Å². The van der Waals surface area contributed by atoms with E-state index in [0.29, 0.717) is 11.9 Å². The lowest BCUT2D eigenvalue weighted by atomic mass is 9.95. The third kappa shape index (κ3) is 4.10. The molecule has 0 bridgehead atoms. The van der Waals surface area contributed by atoms with Crippen molar-refractivity contribution < 1.29 is 0 Å². The van der Waals surface area contributed by atoms with Gasteiger partial charge in [0.1, 0.15) is 0 Å². The van der Waals surface area contributed by atoms with E-state index >= 15 is 0 Å². The first-order valence-corrected chi connectivity index (χ1v) is 8.26. The maximum atomic E-state index is 6.05. The van der Waals surface area contributed by atoms with Crippen LogP contribution in [0.25, 0.3) is 0 Å². The molecule has 2 N–H and O–H groups in total. The highest BCUT2D eigenvalue weighted by molar-refractivity contribution is 5.85. The molecule has 1 aliphatic carbocycles. The van der Waals surface area contributed by atoms with E-state index in [1.807, 2.05) is 0 Å². The van der Waals surface area contributed by atoms with Gasteiger partial charge in [0, 0.05) is 13.0 Å². The normalized spacial score (nSPS) is 21.1. The van der Waals surface area contributed by atoms with E-state index in [1.165, 1.54) is 70.2 Å². The minimum atomic E-state index is 0. The fourth-order valence-corrected chi connectivity index (χ4v) is 3.63. The van der Waals surface area contributed by atoms with Gasteiger partial charge < -0.3 is 10.6 Å². The molecule has 0 aromatic carbocycles. The van der Waals surface area contributed by atoms with Gasteiger partial charge in [0.2, 0.25) is 0 Å². The number of hydrogen-bond donors (Lipinski definition) is 1. The Kier molecular flexibility index (Phi) is 6.30. The van der Waals surface area contributed by atoms with Crippen molar-refractivity contribution in [3.63, 3.8) is 0 Å². The van der Waals surface area contributed by atoms with Crippen molar-refractivity contribution in [2.24, 2.45) is 0 Å². The van der Waals surface area contributed by atoms with Crippen molar-refractivity contribution >= 4 is 18.2 Å². The Morgan fingerprint density at radius 3 is 2.38 bits per heavy atom. The maximum absolute atomic E-state index is 6.05. The molecule has 2 aliphatic rings. The summed E-state index contributed by atoms with van der Waals surface area (Å²) >= 11 is 0. The first kappa shape index (κ1) is 16.6. The third-order valence-corrected chi connectivity index (χ3v) is 4.86. The van der Waals surface area contributed by atoms with Gasteiger partial charge in [-0.15, -0.1) is 17.5 Å². The molecular formula is C15H28ClN5. The first-order valence-electron chi connectivity index (χ1n) is 8.26. The van der Waals surface area contributed by atoms with Gasteiger partial charge in [-0.1, -0.05) is 30.9 Å². The average molecular weight is 314 g/mol. The van der Waals surface area contributed by atoms with E-state index in [1.54, 1.807) is 0 Å². The van der Waals surface area contributed by atoms with Crippen molar-refractivity contribution in [3.05, 3.63) is 5.69 Å². The smallest absolute Gasteiger partial charge is 0.169 e. The summed E-state index contributed by atoms with van der Waals surface area (Å²) in [5.74, 6) is 0.646. The van der Waals surface area contributed by atoms with E-state index in [0.717, 1.165) is 13.0 Å². The van der Waals surface area contributed by atoms with Crippen LogP contribution in [0, 0.1) is 0 Å². The lowest BCUT2D eigenvalue weighted by Crippen LogP contribution is -2.32. The SMILES string of the molecule is Cl.Nc1nnn(C2CCCCC2)c1CCN1CCCCC1. The van der Waals surface area contributed by atoms with Gasteiger partial charge in [0.15, 0.2) is 5.82 Å². The number of likely N-dealkylation sites (tertiary alicyclic amines) is 1. The lowest BCUT2D eigenvalue weighted by molar-refractivity contribution is 0.228.